The number of nitrogens with zero attached hydrogens (tertiary/aromatic N) is 2. The van der Waals surface area contributed by atoms with Crippen LogP contribution in [0.4, 0.5) is 4.39 Å². The third-order valence-corrected chi connectivity index (χ3v) is 4.17. The summed E-state index contributed by atoms with van der Waals surface area (Å²) in [5.74, 6) is -0.624. The lowest BCUT2D eigenvalue weighted by atomic mass is 10.1. The van der Waals surface area contributed by atoms with Crippen LogP contribution in [0.15, 0.2) is 48.8 Å². The van der Waals surface area contributed by atoms with Crippen LogP contribution in [0.2, 0.25) is 5.02 Å². The van der Waals surface area contributed by atoms with Crippen molar-refractivity contribution in [2.45, 2.75) is 19.3 Å². The predicted octanol–water partition coefficient (Wildman–Crippen LogP) is 3.45. The number of nitrogens with one attached hydrogen (secondary N) is 1. The zero-order chi connectivity index (χ0) is 18.5. The molecule has 5 nitrogen and oxygen atoms in total. The highest BCUT2D eigenvalue weighted by molar-refractivity contribution is 6.30. The largest absolute Gasteiger partial charge is 0.356 e. The number of carbonyl (C=O) groups excluding carboxylic acids is 2. The predicted molar refractivity (Wildman–Crippen MR) is 96.9 cm³/mol. The molecule has 0 unspecified atom stereocenters. The molecule has 0 atom stereocenters. The van der Waals surface area contributed by atoms with Gasteiger partial charge in [-0.25, -0.2) is 9.37 Å². The van der Waals surface area contributed by atoms with E-state index in [4.69, 9.17) is 11.6 Å². The number of ketones is 1. The number of halogens is 2. The molecule has 0 aliphatic heterocycles. The zero-order valence-electron chi connectivity index (χ0n) is 13.9. The number of Topliss-reactive ketones (excluding diaryl/α,β-unsaturated/α-hetero) is 1. The molecular formula is C19H17ClFN3O2. The second-order valence-electron chi connectivity index (χ2n) is 5.88. The Kier molecular flexibility index (Phi) is 5.63. The normalized spacial score (nSPS) is 10.8. The summed E-state index contributed by atoms with van der Waals surface area (Å²) in [6.07, 6.45) is 3.88. The average Bonchev–Trinajstić information content (AvgIpc) is 3.02. The Morgan fingerprint density at radius 1 is 1.08 bits per heavy atom. The second kappa shape index (κ2) is 8.10. The zero-order valence-corrected chi connectivity index (χ0v) is 14.7. The van der Waals surface area contributed by atoms with Crippen molar-refractivity contribution in [1.82, 2.24) is 14.7 Å². The van der Waals surface area contributed by atoms with E-state index in [1.54, 1.807) is 40.9 Å². The Morgan fingerprint density at radius 3 is 2.62 bits per heavy atom. The van der Waals surface area contributed by atoms with E-state index in [-0.39, 0.29) is 30.3 Å². The van der Waals surface area contributed by atoms with Gasteiger partial charge in [0.15, 0.2) is 5.78 Å². The van der Waals surface area contributed by atoms with Gasteiger partial charge in [0.25, 0.3) is 0 Å². The minimum absolute atomic E-state index is 0.0980. The van der Waals surface area contributed by atoms with Crippen molar-refractivity contribution >= 4 is 28.9 Å². The molecule has 3 aromatic rings. The van der Waals surface area contributed by atoms with E-state index >= 15 is 0 Å². The van der Waals surface area contributed by atoms with E-state index in [0.717, 1.165) is 5.69 Å². The monoisotopic (exact) mass is 373 g/mol. The Morgan fingerprint density at radius 2 is 1.85 bits per heavy atom. The average molecular weight is 374 g/mol. The number of amides is 1. The van der Waals surface area contributed by atoms with Crippen LogP contribution in [-0.4, -0.2) is 27.6 Å². The Bertz CT molecular complexity index is 938. The van der Waals surface area contributed by atoms with Crippen LogP contribution in [0, 0.1) is 5.82 Å². The van der Waals surface area contributed by atoms with E-state index in [1.807, 2.05) is 0 Å². The van der Waals surface area contributed by atoms with Gasteiger partial charge in [0.05, 0.1) is 5.69 Å². The number of aromatic nitrogens is 2. The molecule has 1 N–H and O–H groups in total. The molecule has 3 rings (SSSR count). The van der Waals surface area contributed by atoms with Crippen molar-refractivity contribution in [1.29, 1.82) is 0 Å². The van der Waals surface area contributed by atoms with Gasteiger partial charge in [0.2, 0.25) is 5.91 Å². The van der Waals surface area contributed by atoms with Crippen LogP contribution < -0.4 is 5.32 Å². The van der Waals surface area contributed by atoms with Crippen LogP contribution >= 0.6 is 11.6 Å². The summed E-state index contributed by atoms with van der Waals surface area (Å²) in [5, 5.41) is 3.33. The number of hydrogen-bond acceptors (Lipinski definition) is 3. The van der Waals surface area contributed by atoms with E-state index in [2.05, 4.69) is 10.3 Å². The van der Waals surface area contributed by atoms with E-state index in [9.17, 15) is 14.0 Å². The third kappa shape index (κ3) is 4.67. The molecular weight excluding hydrogens is 357 g/mol. The highest BCUT2D eigenvalue weighted by Gasteiger charge is 2.09. The molecule has 0 bridgehead atoms. The number of imidazole rings is 1. The quantitative estimate of drug-likeness (QED) is 0.645. The lowest BCUT2D eigenvalue weighted by Crippen LogP contribution is -2.26. The lowest BCUT2D eigenvalue weighted by Gasteiger charge is -2.04. The Balaban J connectivity index is 1.43. The topological polar surface area (TPSA) is 63.5 Å². The van der Waals surface area contributed by atoms with Crippen molar-refractivity contribution in [3.8, 4) is 0 Å². The summed E-state index contributed by atoms with van der Waals surface area (Å²) >= 11 is 5.78. The van der Waals surface area contributed by atoms with E-state index in [1.165, 1.54) is 12.3 Å². The Labute approximate surface area is 154 Å². The van der Waals surface area contributed by atoms with Gasteiger partial charge in [-0.3, -0.25) is 9.59 Å². The summed E-state index contributed by atoms with van der Waals surface area (Å²) in [6.45, 7) is 0.403. The maximum atomic E-state index is 13.2. The van der Waals surface area contributed by atoms with Crippen molar-refractivity contribution < 1.29 is 14.0 Å². The first-order valence-electron chi connectivity index (χ1n) is 8.20. The number of hydrogen-bond donors (Lipinski definition) is 1. The summed E-state index contributed by atoms with van der Waals surface area (Å²) in [7, 11) is 0. The van der Waals surface area contributed by atoms with Crippen molar-refractivity contribution in [2.75, 3.05) is 6.54 Å². The molecule has 2 aromatic heterocycles. The van der Waals surface area contributed by atoms with Gasteiger partial charge in [-0.1, -0.05) is 11.6 Å². The van der Waals surface area contributed by atoms with Crippen LogP contribution in [0.3, 0.4) is 0 Å². The molecule has 0 fully saturated rings. The number of pyridine rings is 1. The molecule has 0 saturated carbocycles. The second-order valence-corrected chi connectivity index (χ2v) is 6.31. The molecule has 26 heavy (non-hydrogen) atoms. The number of benzene rings is 1. The molecule has 2 heterocycles. The summed E-state index contributed by atoms with van der Waals surface area (Å²) in [6, 6.07) is 9.54. The van der Waals surface area contributed by atoms with Crippen LogP contribution in [0.25, 0.3) is 5.65 Å². The molecule has 0 saturated heterocycles. The van der Waals surface area contributed by atoms with E-state index < -0.39 is 0 Å². The standard InChI is InChI=1S/C19H17ClFN3O2/c20-14-3-1-13(2-4-14)17(25)6-8-19(26)22-10-9-16-12-24-11-15(21)5-7-18(24)23-16/h1-5,7,11-12H,6,8-10H2,(H,22,26). The van der Waals surface area contributed by atoms with Gasteiger partial charge in [-0.2, -0.15) is 0 Å². The third-order valence-electron chi connectivity index (χ3n) is 3.91. The first-order chi connectivity index (χ1) is 12.5. The smallest absolute Gasteiger partial charge is 0.220 e. The minimum atomic E-state index is -0.333. The maximum Gasteiger partial charge on any atom is 0.220 e. The first kappa shape index (κ1) is 18.1. The van der Waals surface area contributed by atoms with Crippen LogP contribution in [-0.2, 0) is 11.2 Å². The van der Waals surface area contributed by atoms with Gasteiger partial charge in [0, 0.05) is 48.8 Å². The van der Waals surface area contributed by atoms with Gasteiger partial charge >= 0.3 is 0 Å². The van der Waals surface area contributed by atoms with Crippen molar-refractivity contribution in [3.63, 3.8) is 0 Å². The highest BCUT2D eigenvalue weighted by Crippen LogP contribution is 2.12. The fourth-order valence-electron chi connectivity index (χ4n) is 2.56. The van der Waals surface area contributed by atoms with Crippen LogP contribution in [0.1, 0.15) is 28.9 Å². The number of carbonyl (C=O) groups is 2. The van der Waals surface area contributed by atoms with E-state index in [0.29, 0.717) is 29.2 Å². The van der Waals surface area contributed by atoms with Gasteiger partial charge < -0.3 is 9.72 Å². The van der Waals surface area contributed by atoms with Crippen LogP contribution in [0.5, 0.6) is 0 Å². The molecule has 0 aliphatic rings. The van der Waals surface area contributed by atoms with Gasteiger partial charge in [-0.05, 0) is 36.4 Å². The summed E-state index contributed by atoms with van der Waals surface area (Å²) < 4.78 is 14.8. The minimum Gasteiger partial charge on any atom is -0.356 e. The maximum absolute atomic E-state index is 13.2. The van der Waals surface area contributed by atoms with Crippen molar-refractivity contribution in [2.24, 2.45) is 0 Å². The number of rotatable bonds is 7. The fourth-order valence-corrected chi connectivity index (χ4v) is 2.69. The van der Waals surface area contributed by atoms with Crippen molar-refractivity contribution in [3.05, 3.63) is 70.9 Å². The fraction of sp³-hybridized carbons (Fsp3) is 0.211. The lowest BCUT2D eigenvalue weighted by molar-refractivity contribution is -0.121. The SMILES string of the molecule is O=C(CCC(=O)c1ccc(Cl)cc1)NCCc1cn2cc(F)ccc2n1. The molecule has 134 valence electrons. The number of fused-ring (bicyclic) bond motifs is 1. The van der Waals surface area contributed by atoms with Gasteiger partial charge in [-0.15, -0.1) is 0 Å². The molecule has 0 spiro atoms. The Hall–Kier alpha value is -2.73. The summed E-state index contributed by atoms with van der Waals surface area (Å²) in [5.41, 5.74) is 1.95. The molecule has 0 aliphatic carbocycles. The molecule has 1 aromatic carbocycles. The molecule has 7 heteroatoms. The summed E-state index contributed by atoms with van der Waals surface area (Å²) in [4.78, 5) is 28.2. The van der Waals surface area contributed by atoms with Gasteiger partial charge in [0.1, 0.15) is 11.5 Å². The highest BCUT2D eigenvalue weighted by atomic mass is 35.5. The first-order valence-corrected chi connectivity index (χ1v) is 8.58. The molecule has 1 amide bonds. The molecule has 0 radical (unpaired) electrons.